The van der Waals surface area contributed by atoms with E-state index >= 15 is 0 Å². The molecule has 0 aliphatic heterocycles. The average Bonchev–Trinajstić information content (AvgIpc) is 3.03. The zero-order chi connectivity index (χ0) is 16.1. The molecule has 0 fully saturated rings. The molecule has 23 heavy (non-hydrogen) atoms. The third-order valence-corrected chi connectivity index (χ3v) is 3.97. The maximum absolute atomic E-state index is 6.10. The van der Waals surface area contributed by atoms with Crippen LogP contribution in [0.5, 0.6) is 0 Å². The van der Waals surface area contributed by atoms with Gasteiger partial charge in [-0.15, -0.1) is 10.2 Å². The molecule has 0 amide bonds. The van der Waals surface area contributed by atoms with E-state index in [1.54, 1.807) is 6.20 Å². The van der Waals surface area contributed by atoms with Crippen molar-refractivity contribution in [3.8, 4) is 0 Å². The third kappa shape index (κ3) is 4.02. The van der Waals surface area contributed by atoms with Gasteiger partial charge in [0.05, 0.1) is 22.1 Å². The summed E-state index contributed by atoms with van der Waals surface area (Å²) < 4.78 is 0. The van der Waals surface area contributed by atoms with Crippen LogP contribution in [-0.4, -0.2) is 20.9 Å². The molecule has 8 heteroatoms. The van der Waals surface area contributed by atoms with Gasteiger partial charge < -0.3 is 5.32 Å². The minimum absolute atomic E-state index is 0.579. The second-order valence-corrected chi connectivity index (χ2v) is 5.93. The van der Waals surface area contributed by atoms with Crippen molar-refractivity contribution in [2.24, 2.45) is 5.10 Å². The van der Waals surface area contributed by atoms with Crippen LogP contribution in [0, 0.1) is 0 Å². The summed E-state index contributed by atoms with van der Waals surface area (Å²) in [4.78, 5) is 4.23. The topological polar surface area (TPSA) is 75.1 Å². The van der Waals surface area contributed by atoms with E-state index in [2.05, 4.69) is 31.0 Å². The van der Waals surface area contributed by atoms with Crippen LogP contribution in [0.1, 0.15) is 12.6 Å². The van der Waals surface area contributed by atoms with Gasteiger partial charge in [0.1, 0.15) is 0 Å². The summed E-state index contributed by atoms with van der Waals surface area (Å²) in [7, 11) is 0. The van der Waals surface area contributed by atoms with Crippen LogP contribution in [0.2, 0.25) is 5.02 Å². The number of halogens is 1. The van der Waals surface area contributed by atoms with E-state index in [9.17, 15) is 0 Å². The minimum Gasteiger partial charge on any atom is -0.329 e. The molecular weight excluding hydrogens is 332 g/mol. The molecule has 116 valence electrons. The van der Waals surface area contributed by atoms with Gasteiger partial charge in [0.25, 0.3) is 0 Å². The predicted octanol–water partition coefficient (Wildman–Crippen LogP) is 4.17. The number of rotatable bonds is 5. The summed E-state index contributed by atoms with van der Waals surface area (Å²) in [5, 5.41) is 17.3. The van der Waals surface area contributed by atoms with Crippen molar-refractivity contribution in [2.75, 3.05) is 10.7 Å². The molecule has 3 aromatic rings. The fourth-order valence-corrected chi connectivity index (χ4v) is 2.54. The number of aromatic nitrogens is 3. The summed E-state index contributed by atoms with van der Waals surface area (Å²) >= 11 is 7.44. The number of para-hydroxylation sites is 1. The molecule has 0 saturated carbocycles. The standard InChI is InChI=1S/C15H13ClN6S/c1-10(12-7-4-5-9-17-12)19-21-15-22-20-14(23-15)18-13-8-3-2-6-11(13)16/h2-9H,1H3,(H,18,20)(H,21,22). The molecule has 2 N–H and O–H groups in total. The maximum atomic E-state index is 6.10. The Balaban J connectivity index is 1.67. The zero-order valence-electron chi connectivity index (χ0n) is 12.2. The van der Waals surface area contributed by atoms with Gasteiger partial charge in [-0.2, -0.15) is 5.10 Å². The lowest BCUT2D eigenvalue weighted by Gasteiger charge is -2.03. The van der Waals surface area contributed by atoms with Crippen molar-refractivity contribution in [2.45, 2.75) is 6.92 Å². The molecule has 0 radical (unpaired) electrons. The molecule has 6 nitrogen and oxygen atoms in total. The quantitative estimate of drug-likeness (QED) is 0.536. The minimum atomic E-state index is 0.579. The Morgan fingerprint density at radius 2 is 1.87 bits per heavy atom. The zero-order valence-corrected chi connectivity index (χ0v) is 13.8. The lowest BCUT2D eigenvalue weighted by atomic mass is 10.3. The van der Waals surface area contributed by atoms with Crippen molar-refractivity contribution < 1.29 is 0 Å². The fourth-order valence-electron chi connectivity index (χ4n) is 1.76. The van der Waals surface area contributed by atoms with Crippen LogP contribution in [0.3, 0.4) is 0 Å². The summed E-state index contributed by atoms with van der Waals surface area (Å²) in [5.41, 5.74) is 5.24. The van der Waals surface area contributed by atoms with Gasteiger partial charge in [-0.05, 0) is 31.2 Å². The molecule has 3 rings (SSSR count). The van der Waals surface area contributed by atoms with E-state index in [1.165, 1.54) is 11.3 Å². The normalized spacial score (nSPS) is 11.3. The highest BCUT2D eigenvalue weighted by Gasteiger charge is 2.06. The lowest BCUT2D eigenvalue weighted by molar-refractivity contribution is 1.08. The second-order valence-electron chi connectivity index (χ2n) is 4.54. The van der Waals surface area contributed by atoms with Gasteiger partial charge in [0.2, 0.25) is 10.3 Å². The predicted molar refractivity (Wildman–Crippen MR) is 94.7 cm³/mol. The molecule has 0 unspecified atom stereocenters. The molecule has 2 aromatic heterocycles. The fraction of sp³-hybridized carbons (Fsp3) is 0.0667. The van der Waals surface area contributed by atoms with Gasteiger partial charge in [-0.1, -0.05) is 41.1 Å². The monoisotopic (exact) mass is 344 g/mol. The highest BCUT2D eigenvalue weighted by Crippen LogP contribution is 2.28. The van der Waals surface area contributed by atoms with E-state index in [1.807, 2.05) is 49.4 Å². The molecule has 0 aliphatic carbocycles. The molecular formula is C15H13ClN6S. The van der Waals surface area contributed by atoms with E-state index in [0.29, 0.717) is 15.3 Å². The van der Waals surface area contributed by atoms with Gasteiger partial charge in [0, 0.05) is 6.20 Å². The number of pyridine rings is 1. The number of anilines is 3. The third-order valence-electron chi connectivity index (χ3n) is 2.90. The van der Waals surface area contributed by atoms with Crippen molar-refractivity contribution in [3.63, 3.8) is 0 Å². The van der Waals surface area contributed by atoms with Crippen LogP contribution in [0.25, 0.3) is 0 Å². The summed E-state index contributed by atoms with van der Waals surface area (Å²) in [5.74, 6) is 0. The number of hydrazone groups is 1. The van der Waals surface area contributed by atoms with Gasteiger partial charge >= 0.3 is 0 Å². The van der Waals surface area contributed by atoms with E-state index in [0.717, 1.165) is 17.1 Å². The van der Waals surface area contributed by atoms with Crippen LogP contribution >= 0.6 is 22.9 Å². The Labute approximate surface area is 142 Å². The maximum Gasteiger partial charge on any atom is 0.227 e. The van der Waals surface area contributed by atoms with Crippen molar-refractivity contribution in [1.82, 2.24) is 15.2 Å². The Morgan fingerprint density at radius 3 is 2.65 bits per heavy atom. The van der Waals surface area contributed by atoms with Crippen molar-refractivity contribution >= 4 is 44.6 Å². The molecule has 0 saturated heterocycles. The Hall–Kier alpha value is -2.51. The number of benzene rings is 1. The lowest BCUT2D eigenvalue weighted by Crippen LogP contribution is -2.01. The number of hydrogen-bond donors (Lipinski definition) is 2. The molecule has 0 spiro atoms. The SMILES string of the molecule is CC(=NNc1nnc(Nc2ccccc2Cl)s1)c1ccccn1. The molecule has 2 heterocycles. The van der Waals surface area contributed by atoms with Gasteiger partial charge in [-0.25, -0.2) is 0 Å². The Bertz CT molecular complexity index is 818. The van der Waals surface area contributed by atoms with Gasteiger partial charge in [-0.3, -0.25) is 10.4 Å². The number of nitrogens with one attached hydrogen (secondary N) is 2. The van der Waals surface area contributed by atoms with Crippen LogP contribution < -0.4 is 10.7 Å². The van der Waals surface area contributed by atoms with Crippen LogP contribution in [0.4, 0.5) is 16.0 Å². The highest BCUT2D eigenvalue weighted by atomic mass is 35.5. The molecule has 0 atom stereocenters. The van der Waals surface area contributed by atoms with E-state index in [-0.39, 0.29) is 0 Å². The first kappa shape index (κ1) is 15.4. The van der Waals surface area contributed by atoms with Crippen LogP contribution in [-0.2, 0) is 0 Å². The Morgan fingerprint density at radius 1 is 1.09 bits per heavy atom. The summed E-state index contributed by atoms with van der Waals surface area (Å²) in [6.45, 7) is 1.87. The first-order chi connectivity index (χ1) is 11.2. The number of hydrogen-bond acceptors (Lipinski definition) is 7. The largest absolute Gasteiger partial charge is 0.329 e. The molecule has 0 aliphatic rings. The number of nitrogens with zero attached hydrogens (tertiary/aromatic N) is 4. The van der Waals surface area contributed by atoms with Crippen LogP contribution in [0.15, 0.2) is 53.8 Å². The Kier molecular flexibility index (Phi) is 4.80. The average molecular weight is 345 g/mol. The highest BCUT2D eigenvalue weighted by molar-refractivity contribution is 7.19. The summed E-state index contributed by atoms with van der Waals surface area (Å²) in [6.07, 6.45) is 1.73. The summed E-state index contributed by atoms with van der Waals surface area (Å²) in [6, 6.07) is 13.1. The van der Waals surface area contributed by atoms with Crippen molar-refractivity contribution in [1.29, 1.82) is 0 Å². The van der Waals surface area contributed by atoms with E-state index in [4.69, 9.17) is 11.6 Å². The molecule has 1 aromatic carbocycles. The second kappa shape index (κ2) is 7.17. The smallest absolute Gasteiger partial charge is 0.227 e. The van der Waals surface area contributed by atoms with Crippen molar-refractivity contribution in [3.05, 3.63) is 59.4 Å². The van der Waals surface area contributed by atoms with Gasteiger partial charge in [0.15, 0.2) is 0 Å². The first-order valence-corrected chi connectivity index (χ1v) is 7.98. The van der Waals surface area contributed by atoms with E-state index < -0.39 is 0 Å². The first-order valence-electron chi connectivity index (χ1n) is 6.79. The molecule has 0 bridgehead atoms.